The summed E-state index contributed by atoms with van der Waals surface area (Å²) >= 11 is 1.70. The van der Waals surface area contributed by atoms with Crippen molar-refractivity contribution in [3.05, 3.63) is 45.9 Å². The molecule has 0 bridgehead atoms. The first-order valence-electron chi connectivity index (χ1n) is 12.6. The number of aryl methyl sites for hydroxylation is 1. The Kier molecular flexibility index (Phi) is 11.0. The van der Waals surface area contributed by atoms with Crippen LogP contribution in [-0.2, 0) is 9.53 Å². The van der Waals surface area contributed by atoms with Gasteiger partial charge in [0, 0.05) is 12.0 Å². The fourth-order valence-corrected chi connectivity index (χ4v) is 4.68. The van der Waals surface area contributed by atoms with E-state index in [0.717, 1.165) is 29.7 Å². The number of thiazole rings is 1. The van der Waals surface area contributed by atoms with Crippen LogP contribution in [0.2, 0.25) is 0 Å². The van der Waals surface area contributed by atoms with Gasteiger partial charge < -0.3 is 14.8 Å². The molecule has 2 aromatic rings. The van der Waals surface area contributed by atoms with E-state index in [0.29, 0.717) is 38.1 Å². The Morgan fingerprint density at radius 1 is 1.33 bits per heavy atom. The monoisotopic (exact) mass is 512 g/mol. The van der Waals surface area contributed by atoms with E-state index < -0.39 is 6.17 Å². The van der Waals surface area contributed by atoms with Gasteiger partial charge in [-0.3, -0.25) is 5.73 Å². The fraction of sp³-hybridized carbons (Fsp3) is 0.556. The smallest absolute Gasteiger partial charge is 0.287 e. The lowest BCUT2D eigenvalue weighted by Gasteiger charge is -2.15. The van der Waals surface area contributed by atoms with Crippen molar-refractivity contribution in [3.8, 4) is 22.3 Å². The van der Waals surface area contributed by atoms with Crippen LogP contribution < -0.4 is 11.1 Å². The van der Waals surface area contributed by atoms with E-state index in [9.17, 15) is 9.70 Å². The molecule has 2 aliphatic rings. The number of hydrogen-bond acceptors (Lipinski definition) is 7. The van der Waals surface area contributed by atoms with Crippen LogP contribution in [0.3, 0.4) is 0 Å². The molecule has 1 saturated heterocycles. The number of nitrogens with two attached hydrogens (primary N) is 1. The van der Waals surface area contributed by atoms with Crippen molar-refractivity contribution in [1.82, 2.24) is 15.3 Å². The van der Waals surface area contributed by atoms with Crippen molar-refractivity contribution in [2.45, 2.75) is 64.2 Å². The van der Waals surface area contributed by atoms with Gasteiger partial charge in [-0.25, -0.2) is 4.98 Å². The molecule has 1 aromatic carbocycles. The Morgan fingerprint density at radius 2 is 2.08 bits per heavy atom. The van der Waals surface area contributed by atoms with Crippen LogP contribution in [0.15, 0.2) is 29.8 Å². The van der Waals surface area contributed by atoms with E-state index in [1.54, 1.807) is 11.3 Å². The van der Waals surface area contributed by atoms with Crippen LogP contribution in [0.5, 0.6) is 0 Å². The summed E-state index contributed by atoms with van der Waals surface area (Å²) in [6, 6.07) is 8.76. The van der Waals surface area contributed by atoms with Gasteiger partial charge in [0.25, 0.3) is 6.17 Å². The Labute approximate surface area is 218 Å². The van der Waals surface area contributed by atoms with Gasteiger partial charge in [-0.05, 0) is 57.7 Å². The third-order valence-corrected chi connectivity index (χ3v) is 7.41. The van der Waals surface area contributed by atoms with Crippen molar-refractivity contribution >= 4 is 17.6 Å². The number of carbonyl (C=O) groups is 1. The van der Waals surface area contributed by atoms with Crippen LogP contribution in [-0.4, -0.2) is 60.2 Å². The maximum atomic E-state index is 12.0. The Balaban J connectivity index is 0.000000205. The molecule has 1 saturated carbocycles. The summed E-state index contributed by atoms with van der Waals surface area (Å²) in [7, 11) is 1.98. The number of benzene rings is 1. The molecule has 0 radical (unpaired) electrons. The van der Waals surface area contributed by atoms with Gasteiger partial charge in [0.15, 0.2) is 0 Å². The summed E-state index contributed by atoms with van der Waals surface area (Å²) in [5.74, 6) is 6.64. The summed E-state index contributed by atoms with van der Waals surface area (Å²) in [6.45, 7) is 5.60. The average Bonchev–Trinajstić information content (AvgIpc) is 3.42. The molecule has 2 heterocycles. The van der Waals surface area contributed by atoms with Gasteiger partial charge in [-0.2, -0.15) is 0 Å². The van der Waals surface area contributed by atoms with Crippen LogP contribution in [0.25, 0.3) is 10.4 Å². The number of aromatic nitrogens is 1. The summed E-state index contributed by atoms with van der Waals surface area (Å²) in [5.41, 5.74) is 11.4. The van der Waals surface area contributed by atoms with Gasteiger partial charge in [0.05, 0.1) is 40.6 Å². The van der Waals surface area contributed by atoms with Crippen LogP contribution in [0, 0.1) is 29.6 Å². The maximum Gasteiger partial charge on any atom is 0.287 e. The molecule has 36 heavy (non-hydrogen) atoms. The third kappa shape index (κ3) is 8.20. The van der Waals surface area contributed by atoms with Gasteiger partial charge >= 0.3 is 0 Å². The summed E-state index contributed by atoms with van der Waals surface area (Å²) in [5, 5.41) is 4.74. The van der Waals surface area contributed by atoms with Gasteiger partial charge in [0.1, 0.15) is 23.8 Å². The van der Waals surface area contributed by atoms with Crippen molar-refractivity contribution in [3.63, 3.8) is 0 Å². The van der Waals surface area contributed by atoms with E-state index in [1.807, 2.05) is 12.6 Å². The average molecular weight is 513 g/mol. The molecule has 0 amide bonds. The predicted octanol–water partition coefficient (Wildman–Crippen LogP) is 3.85. The molecule has 1 aliphatic heterocycles. The Morgan fingerprint density at radius 3 is 2.69 bits per heavy atom. The highest BCUT2D eigenvalue weighted by molar-refractivity contribution is 7.13. The molecule has 3 unspecified atom stereocenters. The molecule has 3 N–H and O–H groups in total. The van der Waals surface area contributed by atoms with E-state index in [1.165, 1.54) is 33.9 Å². The lowest BCUT2D eigenvalue weighted by atomic mass is 10.1. The summed E-state index contributed by atoms with van der Waals surface area (Å²) in [4.78, 5) is 29.1. The molecule has 2 fully saturated rings. The normalized spacial score (nSPS) is 18.4. The molecule has 3 atom stereocenters. The summed E-state index contributed by atoms with van der Waals surface area (Å²) in [6.07, 6.45) is 4.55. The zero-order valence-electron chi connectivity index (χ0n) is 21.5. The van der Waals surface area contributed by atoms with Gasteiger partial charge in [-0.1, -0.05) is 36.1 Å². The third-order valence-electron chi connectivity index (χ3n) is 6.43. The highest BCUT2D eigenvalue weighted by atomic mass is 32.1. The highest BCUT2D eigenvalue weighted by Gasteiger charge is 2.37. The number of hydrogen-bond donors (Lipinski definition) is 2. The molecule has 0 spiro atoms. The number of hydrazine groups is 1. The number of ether oxygens (including phenoxy) is 1. The minimum atomic E-state index is -0.674. The fourth-order valence-electron chi connectivity index (χ4n) is 3.87. The molecule has 9 heteroatoms. The molecule has 8 nitrogen and oxygen atoms in total. The number of nitroso groups, excluding NO2 is 1. The number of nitrogens with zero attached hydrogens (tertiary/aromatic N) is 3. The first-order valence-corrected chi connectivity index (χ1v) is 13.5. The van der Waals surface area contributed by atoms with Crippen molar-refractivity contribution in [2.24, 2.45) is 11.7 Å². The topological polar surface area (TPSA) is 101 Å². The largest absolute Gasteiger partial charge is 0.368 e. The molecule has 194 valence electrons. The van der Waals surface area contributed by atoms with Crippen molar-refractivity contribution in [1.29, 1.82) is 0 Å². The predicted molar refractivity (Wildman–Crippen MR) is 143 cm³/mol. The number of aldehydes is 1. The standard InChI is InChI=1S/C14H22N3O3.C13H16N2S/c15-14(7-10-20-9-2-3-12-5-6-12)17(19)16-8-1-4-13(16)11-18;1-9(14-3)11-4-6-12(7-5-11)13-10(2)15-8-16-13/h11-14H,1,4-10,15H2;4-9,14H,1-3H3/q+1;. The SMILES string of the molecule is CNC(C)c1ccc(-c2scnc2C)cc1.NC(CCOCC#CC1CC1)[N+](=O)N1CCCC1C=O. The van der Waals surface area contributed by atoms with E-state index >= 15 is 0 Å². The molecular formula is C27H38N5O3S+. The highest BCUT2D eigenvalue weighted by Crippen LogP contribution is 2.28. The minimum absolute atomic E-state index is 0.330. The van der Waals surface area contributed by atoms with E-state index in [2.05, 4.69) is 60.3 Å². The number of nitrogens with one attached hydrogen (secondary N) is 1. The minimum Gasteiger partial charge on any atom is -0.368 e. The molecule has 1 aromatic heterocycles. The first-order chi connectivity index (χ1) is 17.4. The van der Waals surface area contributed by atoms with E-state index in [4.69, 9.17) is 10.5 Å². The second-order valence-corrected chi connectivity index (χ2v) is 10.1. The zero-order valence-corrected chi connectivity index (χ0v) is 22.3. The lowest BCUT2D eigenvalue weighted by molar-refractivity contribution is -0.735. The van der Waals surface area contributed by atoms with Crippen molar-refractivity contribution < 1.29 is 14.4 Å². The van der Waals surface area contributed by atoms with Crippen LogP contribution in [0.1, 0.15) is 56.3 Å². The zero-order chi connectivity index (χ0) is 25.9. The maximum absolute atomic E-state index is 12.0. The number of rotatable bonds is 10. The van der Waals surface area contributed by atoms with Gasteiger partial charge in [0.2, 0.25) is 0 Å². The first kappa shape index (κ1) is 27.9. The molecule has 1 aliphatic carbocycles. The summed E-state index contributed by atoms with van der Waals surface area (Å²) < 4.78 is 5.34. The second-order valence-electron chi connectivity index (χ2n) is 9.21. The Bertz CT molecular complexity index is 1040. The lowest BCUT2D eigenvalue weighted by Crippen LogP contribution is -2.47. The molecular weight excluding hydrogens is 474 g/mol. The second kappa shape index (κ2) is 14.2. The Hall–Kier alpha value is -2.64. The quantitative estimate of drug-likeness (QED) is 0.164. The van der Waals surface area contributed by atoms with E-state index in [-0.39, 0.29) is 6.04 Å². The van der Waals surface area contributed by atoms with Crippen LogP contribution >= 0.6 is 11.3 Å². The van der Waals surface area contributed by atoms with Crippen LogP contribution in [0.4, 0.5) is 0 Å². The van der Waals surface area contributed by atoms with Gasteiger partial charge in [-0.15, -0.1) is 16.3 Å². The number of carbonyl (C=O) groups excluding carboxylic acids is 1. The molecule has 4 rings (SSSR count). The van der Waals surface area contributed by atoms with Crippen molar-refractivity contribution in [2.75, 3.05) is 26.8 Å².